The van der Waals surface area contributed by atoms with Crippen LogP contribution in [-0.4, -0.2) is 26.8 Å². The first kappa shape index (κ1) is 13.5. The van der Waals surface area contributed by atoms with Crippen LogP contribution in [0.5, 0.6) is 0 Å². The van der Waals surface area contributed by atoms with Crippen LogP contribution in [0.25, 0.3) is 0 Å². The Morgan fingerprint density at radius 3 is 2.74 bits per heavy atom. The number of aromatic nitrogens is 3. The van der Waals surface area contributed by atoms with Crippen molar-refractivity contribution in [2.45, 2.75) is 25.0 Å². The van der Waals surface area contributed by atoms with Crippen LogP contribution in [0.1, 0.15) is 25.7 Å². The van der Waals surface area contributed by atoms with Gasteiger partial charge in [-0.3, -0.25) is 9.78 Å². The summed E-state index contributed by atoms with van der Waals surface area (Å²) < 4.78 is 5.40. The molecule has 0 radical (unpaired) electrons. The molecule has 1 N–H and O–H groups in total. The molecule has 0 saturated heterocycles. The maximum Gasteiger partial charge on any atom is 0.277 e. The molecule has 2 aromatic heterocycles. The fourth-order valence-corrected chi connectivity index (χ4v) is 1.84. The number of amides is 1. The van der Waals surface area contributed by atoms with Crippen molar-refractivity contribution in [3.8, 4) is 0 Å². The van der Waals surface area contributed by atoms with E-state index in [9.17, 15) is 4.79 Å². The third kappa shape index (κ3) is 4.06. The maximum absolute atomic E-state index is 11.7. The zero-order valence-corrected chi connectivity index (χ0v) is 11.5. The van der Waals surface area contributed by atoms with Crippen molar-refractivity contribution in [1.82, 2.24) is 15.2 Å². The van der Waals surface area contributed by atoms with E-state index in [1.807, 2.05) is 13.8 Å². The van der Waals surface area contributed by atoms with Crippen LogP contribution in [0.2, 0.25) is 0 Å². The van der Waals surface area contributed by atoms with Crippen molar-refractivity contribution in [3.05, 3.63) is 30.4 Å². The van der Waals surface area contributed by atoms with Gasteiger partial charge in [0, 0.05) is 24.0 Å². The minimum atomic E-state index is -0.125. The van der Waals surface area contributed by atoms with Gasteiger partial charge in [0.05, 0.1) is 5.75 Å². The molecule has 0 atom stereocenters. The summed E-state index contributed by atoms with van der Waals surface area (Å²) in [6.07, 6.45) is 3.24. The predicted octanol–water partition coefficient (Wildman–Crippen LogP) is 2.32. The van der Waals surface area contributed by atoms with Gasteiger partial charge in [0.25, 0.3) is 5.22 Å². The first-order valence-electron chi connectivity index (χ1n) is 5.81. The lowest BCUT2D eigenvalue weighted by Gasteiger charge is -2.02. The summed E-state index contributed by atoms with van der Waals surface area (Å²) >= 11 is 1.22. The molecule has 19 heavy (non-hydrogen) atoms. The molecule has 0 fully saturated rings. The number of carbonyl (C=O) groups excluding carboxylic acids is 1. The molecule has 2 heterocycles. The van der Waals surface area contributed by atoms with Crippen LogP contribution >= 0.6 is 11.8 Å². The normalized spacial score (nSPS) is 10.7. The highest BCUT2D eigenvalue weighted by Crippen LogP contribution is 2.20. The molecule has 0 saturated carbocycles. The van der Waals surface area contributed by atoms with Crippen LogP contribution in [0, 0.1) is 0 Å². The first-order chi connectivity index (χ1) is 9.15. The second kappa shape index (κ2) is 6.33. The number of anilines is 1. The number of carbonyl (C=O) groups is 1. The minimum absolute atomic E-state index is 0.125. The topological polar surface area (TPSA) is 80.9 Å². The van der Waals surface area contributed by atoms with Crippen molar-refractivity contribution in [2.24, 2.45) is 0 Å². The number of nitrogens with zero attached hydrogens (tertiary/aromatic N) is 3. The van der Waals surface area contributed by atoms with Gasteiger partial charge in [-0.25, -0.2) is 0 Å². The molecule has 2 aromatic rings. The van der Waals surface area contributed by atoms with Crippen molar-refractivity contribution >= 4 is 23.4 Å². The second-order valence-electron chi connectivity index (χ2n) is 4.13. The number of rotatable bonds is 5. The summed E-state index contributed by atoms with van der Waals surface area (Å²) in [5.74, 6) is 0.868. The van der Waals surface area contributed by atoms with Gasteiger partial charge < -0.3 is 9.73 Å². The van der Waals surface area contributed by atoms with Gasteiger partial charge in [-0.15, -0.1) is 10.2 Å². The summed E-state index contributed by atoms with van der Waals surface area (Å²) in [6, 6.07) is 3.46. The lowest BCUT2D eigenvalue weighted by molar-refractivity contribution is -0.113. The summed E-state index contributed by atoms with van der Waals surface area (Å²) in [6.45, 7) is 3.94. The van der Waals surface area contributed by atoms with E-state index in [1.165, 1.54) is 11.8 Å². The lowest BCUT2D eigenvalue weighted by atomic mass is 10.2. The molecule has 0 bridgehead atoms. The van der Waals surface area contributed by atoms with Crippen molar-refractivity contribution < 1.29 is 9.21 Å². The summed E-state index contributed by atoms with van der Waals surface area (Å²) in [7, 11) is 0. The Bertz CT molecular complexity index is 542. The molecule has 7 heteroatoms. The quantitative estimate of drug-likeness (QED) is 0.845. The Morgan fingerprint density at radius 1 is 1.37 bits per heavy atom. The largest absolute Gasteiger partial charge is 0.416 e. The fourth-order valence-electron chi connectivity index (χ4n) is 1.27. The van der Waals surface area contributed by atoms with Crippen molar-refractivity contribution in [2.75, 3.05) is 11.1 Å². The van der Waals surface area contributed by atoms with Gasteiger partial charge >= 0.3 is 0 Å². The Labute approximate surface area is 115 Å². The van der Waals surface area contributed by atoms with Crippen molar-refractivity contribution in [3.63, 3.8) is 0 Å². The summed E-state index contributed by atoms with van der Waals surface area (Å²) in [4.78, 5) is 15.6. The molecule has 0 aromatic carbocycles. The zero-order valence-electron chi connectivity index (χ0n) is 10.7. The van der Waals surface area contributed by atoms with Crippen LogP contribution < -0.4 is 5.32 Å². The zero-order chi connectivity index (χ0) is 13.7. The monoisotopic (exact) mass is 278 g/mol. The average molecular weight is 278 g/mol. The van der Waals surface area contributed by atoms with E-state index in [0.717, 1.165) is 0 Å². The molecule has 1 amide bonds. The second-order valence-corrected chi connectivity index (χ2v) is 5.06. The number of nitrogens with one attached hydrogen (secondary N) is 1. The molecular formula is C12H14N4O2S. The van der Waals surface area contributed by atoms with Gasteiger partial charge in [-0.2, -0.15) is 0 Å². The highest BCUT2D eigenvalue weighted by atomic mass is 32.2. The summed E-state index contributed by atoms with van der Waals surface area (Å²) in [5, 5.41) is 10.9. The highest BCUT2D eigenvalue weighted by molar-refractivity contribution is 7.99. The summed E-state index contributed by atoms with van der Waals surface area (Å²) in [5.41, 5.74) is 0.717. The SMILES string of the molecule is CC(C)c1nnc(SCC(=O)Nc2ccncc2)o1. The van der Waals surface area contributed by atoms with Gasteiger partial charge in [0.1, 0.15) is 0 Å². The molecule has 0 aliphatic carbocycles. The Kier molecular flexibility index (Phi) is 4.51. The third-order valence-electron chi connectivity index (χ3n) is 2.21. The average Bonchev–Trinajstić information content (AvgIpc) is 2.86. The van der Waals surface area contributed by atoms with E-state index >= 15 is 0 Å². The Morgan fingerprint density at radius 2 is 2.11 bits per heavy atom. The minimum Gasteiger partial charge on any atom is -0.416 e. The van der Waals surface area contributed by atoms with E-state index < -0.39 is 0 Å². The van der Waals surface area contributed by atoms with Crippen molar-refractivity contribution in [1.29, 1.82) is 0 Å². The smallest absolute Gasteiger partial charge is 0.277 e. The highest BCUT2D eigenvalue weighted by Gasteiger charge is 2.11. The molecular weight excluding hydrogens is 264 g/mol. The maximum atomic E-state index is 11.7. The van der Waals surface area contributed by atoms with E-state index in [4.69, 9.17) is 4.42 Å². The Balaban J connectivity index is 1.83. The number of hydrogen-bond acceptors (Lipinski definition) is 6. The first-order valence-corrected chi connectivity index (χ1v) is 6.80. The molecule has 0 aliphatic rings. The predicted molar refractivity (Wildman–Crippen MR) is 72.0 cm³/mol. The number of thioether (sulfide) groups is 1. The third-order valence-corrected chi connectivity index (χ3v) is 3.03. The fraction of sp³-hybridized carbons (Fsp3) is 0.333. The van der Waals surface area contributed by atoms with Crippen LogP contribution in [0.15, 0.2) is 34.2 Å². The molecule has 100 valence electrons. The Hall–Kier alpha value is -1.89. The van der Waals surface area contributed by atoms with Crippen LogP contribution in [0.3, 0.4) is 0 Å². The van der Waals surface area contributed by atoms with Gasteiger partial charge in [0.15, 0.2) is 0 Å². The van der Waals surface area contributed by atoms with Crippen LogP contribution in [-0.2, 0) is 4.79 Å². The standard InChI is InChI=1S/C12H14N4O2S/c1-8(2)11-15-16-12(18-11)19-7-10(17)14-9-3-5-13-6-4-9/h3-6,8H,7H2,1-2H3,(H,13,14,17). The molecule has 0 aliphatic heterocycles. The number of hydrogen-bond donors (Lipinski definition) is 1. The van der Waals surface area contributed by atoms with E-state index in [1.54, 1.807) is 24.5 Å². The van der Waals surface area contributed by atoms with Crippen LogP contribution in [0.4, 0.5) is 5.69 Å². The van der Waals surface area contributed by atoms with E-state index in [2.05, 4.69) is 20.5 Å². The molecule has 0 unspecified atom stereocenters. The van der Waals surface area contributed by atoms with Gasteiger partial charge in [0.2, 0.25) is 11.8 Å². The van der Waals surface area contributed by atoms with E-state index in [-0.39, 0.29) is 17.6 Å². The van der Waals surface area contributed by atoms with Gasteiger partial charge in [-0.1, -0.05) is 25.6 Å². The lowest BCUT2D eigenvalue weighted by Crippen LogP contribution is -2.13. The number of pyridine rings is 1. The molecule has 2 rings (SSSR count). The molecule has 0 spiro atoms. The molecule has 6 nitrogen and oxygen atoms in total. The van der Waals surface area contributed by atoms with E-state index in [0.29, 0.717) is 16.8 Å². The van der Waals surface area contributed by atoms with Gasteiger partial charge in [-0.05, 0) is 12.1 Å².